The van der Waals surface area contributed by atoms with E-state index in [1.54, 1.807) is 0 Å². The Morgan fingerprint density at radius 3 is 1.31 bits per heavy atom. The van der Waals surface area contributed by atoms with Gasteiger partial charge in [0.1, 0.15) is 0 Å². The highest BCUT2D eigenvalue weighted by atomic mass is 15.2. The van der Waals surface area contributed by atoms with Crippen LogP contribution in [0.2, 0.25) is 0 Å². The van der Waals surface area contributed by atoms with Gasteiger partial charge in [0.05, 0.1) is 6.07 Å². The summed E-state index contributed by atoms with van der Waals surface area (Å²) in [6, 6.07) is 2.15. The Balaban J connectivity index is -0.000000234. The molecule has 0 aromatic heterocycles. The molecular formula is C29H51N13. The number of terminal acetylenes is 1. The van der Waals surface area contributed by atoms with Gasteiger partial charge in [0.2, 0.25) is 0 Å². The van der Waals surface area contributed by atoms with Gasteiger partial charge in [-0.2, -0.15) is 5.26 Å². The monoisotopic (exact) mass is 581 g/mol. The Kier molecular flexibility index (Phi) is 37.2. The van der Waals surface area contributed by atoms with Crippen molar-refractivity contribution in [3.05, 3.63) is 41.8 Å². The molecule has 0 spiro atoms. The molecule has 0 aliphatic rings. The number of nitrogens with zero attached hydrogens (tertiary/aromatic N) is 13. The van der Waals surface area contributed by atoms with Crippen LogP contribution >= 0.6 is 0 Å². The second kappa shape index (κ2) is 34.9. The molecule has 0 bridgehead atoms. The van der Waals surface area contributed by atoms with E-state index in [0.717, 1.165) is 25.7 Å². The minimum absolute atomic E-state index is 0.0281. The van der Waals surface area contributed by atoms with E-state index in [9.17, 15) is 0 Å². The van der Waals surface area contributed by atoms with Crippen molar-refractivity contribution < 1.29 is 0 Å². The summed E-state index contributed by atoms with van der Waals surface area (Å²) in [5.74, 6) is 10.2. The molecule has 13 nitrogen and oxygen atoms in total. The summed E-state index contributed by atoms with van der Waals surface area (Å²) < 4.78 is 0. The van der Waals surface area contributed by atoms with Gasteiger partial charge in [0.15, 0.2) is 0 Å². The molecule has 0 aromatic carbocycles. The van der Waals surface area contributed by atoms with E-state index in [0.29, 0.717) is 49.5 Å². The lowest BCUT2D eigenvalue weighted by Gasteiger charge is -2.12. The van der Waals surface area contributed by atoms with Gasteiger partial charge in [-0.1, -0.05) is 82.8 Å². The normalized spacial score (nSPS) is 11.1. The van der Waals surface area contributed by atoms with Crippen LogP contribution in [0.4, 0.5) is 0 Å². The molecule has 0 amide bonds. The van der Waals surface area contributed by atoms with E-state index in [1.165, 1.54) is 0 Å². The predicted molar refractivity (Wildman–Crippen MR) is 172 cm³/mol. The second-order valence-electron chi connectivity index (χ2n) is 10.5. The van der Waals surface area contributed by atoms with Gasteiger partial charge in [0.25, 0.3) is 0 Å². The number of azide groups is 4. The fourth-order valence-electron chi connectivity index (χ4n) is 2.85. The summed E-state index contributed by atoms with van der Waals surface area (Å²) in [5.41, 5.74) is 32.4. The molecule has 0 aromatic rings. The zero-order chi connectivity index (χ0) is 33.2. The summed E-state index contributed by atoms with van der Waals surface area (Å²) in [6.45, 7) is 18.8. The smallest absolute Gasteiger partial charge is 0.0621 e. The molecule has 42 heavy (non-hydrogen) atoms. The minimum Gasteiger partial charge on any atom is -0.198 e. The fraction of sp³-hybridized carbons (Fsp3) is 0.828. The summed E-state index contributed by atoms with van der Waals surface area (Å²) in [6.07, 6.45) is 10.3. The average molecular weight is 582 g/mol. The van der Waals surface area contributed by atoms with E-state index in [4.69, 9.17) is 33.8 Å². The van der Waals surface area contributed by atoms with E-state index in [2.05, 4.69) is 71.7 Å². The lowest BCUT2D eigenvalue weighted by molar-refractivity contribution is 0.467. The molecule has 0 radical (unpaired) electrons. The summed E-state index contributed by atoms with van der Waals surface area (Å²) >= 11 is 0. The molecule has 0 N–H and O–H groups in total. The fourth-order valence-corrected chi connectivity index (χ4v) is 2.85. The number of hydrogen-bond acceptors (Lipinski definition) is 5. The average Bonchev–Trinajstić information content (AvgIpc) is 2.94. The van der Waals surface area contributed by atoms with Gasteiger partial charge in [-0.25, -0.2) is 0 Å². The van der Waals surface area contributed by atoms with E-state index in [1.807, 2.05) is 54.5 Å². The van der Waals surface area contributed by atoms with Crippen molar-refractivity contribution in [1.82, 2.24) is 0 Å². The summed E-state index contributed by atoms with van der Waals surface area (Å²) in [5, 5.41) is 22.6. The highest BCUT2D eigenvalue weighted by molar-refractivity contribution is 4.98. The molecule has 13 heteroatoms. The first kappa shape index (κ1) is 44.9. The molecule has 0 rings (SSSR count). The molecule has 232 valence electrons. The maximum atomic E-state index is 8.31. The van der Waals surface area contributed by atoms with Gasteiger partial charge in [0, 0.05) is 70.0 Å². The van der Waals surface area contributed by atoms with E-state index >= 15 is 0 Å². The van der Waals surface area contributed by atoms with Crippen LogP contribution in [0.25, 0.3) is 41.8 Å². The van der Waals surface area contributed by atoms with Crippen molar-refractivity contribution in [2.24, 2.45) is 44.1 Å². The molecule has 3 unspecified atom stereocenters. The van der Waals surface area contributed by atoms with Crippen molar-refractivity contribution in [3.8, 4) is 30.3 Å². The van der Waals surface area contributed by atoms with Crippen LogP contribution in [0.5, 0.6) is 0 Å². The van der Waals surface area contributed by atoms with Gasteiger partial charge < -0.3 is 0 Å². The van der Waals surface area contributed by atoms with E-state index < -0.39 is 0 Å². The maximum absolute atomic E-state index is 8.31. The molecule has 0 aliphatic carbocycles. The summed E-state index contributed by atoms with van der Waals surface area (Å²) in [4.78, 5) is 10.9. The van der Waals surface area contributed by atoms with Crippen molar-refractivity contribution in [2.45, 2.75) is 125 Å². The molecular weight excluding hydrogens is 530 g/mol. The third-order valence-electron chi connectivity index (χ3n) is 5.42. The van der Waals surface area contributed by atoms with Crippen LogP contribution < -0.4 is 0 Å². The van der Waals surface area contributed by atoms with Crippen molar-refractivity contribution >= 4 is 0 Å². The number of nitriles is 1. The zero-order valence-corrected chi connectivity index (χ0v) is 27.1. The lowest BCUT2D eigenvalue weighted by Crippen LogP contribution is -2.11. The number of rotatable bonds is 14. The third-order valence-corrected chi connectivity index (χ3v) is 5.42. The number of hydrogen-bond donors (Lipinski definition) is 0. The Labute approximate surface area is 253 Å². The van der Waals surface area contributed by atoms with Crippen LogP contribution in [0, 0.1) is 59.2 Å². The van der Waals surface area contributed by atoms with Crippen LogP contribution in [-0.2, 0) is 0 Å². The van der Waals surface area contributed by atoms with Crippen LogP contribution in [0.15, 0.2) is 20.5 Å². The van der Waals surface area contributed by atoms with Crippen molar-refractivity contribution in [3.63, 3.8) is 0 Å². The Morgan fingerprint density at radius 2 is 1.05 bits per heavy atom. The van der Waals surface area contributed by atoms with Gasteiger partial charge in [-0.15, -0.1) is 24.2 Å². The SMILES string of the molecule is C#CCCC(N=[N+]=[N-])C(C)C.CC(C)C(CCC#N)N=[N+]=[N-].CC(C)CN=[N+]=[N-].CCC#CCCC(N=[N+]=[N-])C(C)C. The van der Waals surface area contributed by atoms with Gasteiger partial charge >= 0.3 is 0 Å². The largest absolute Gasteiger partial charge is 0.198 e. The Bertz CT molecular complexity index is 955. The first-order chi connectivity index (χ1) is 19.9. The first-order valence-corrected chi connectivity index (χ1v) is 14.3. The Morgan fingerprint density at radius 1 is 0.643 bits per heavy atom. The summed E-state index contributed by atoms with van der Waals surface area (Å²) in [7, 11) is 0. The second-order valence-corrected chi connectivity index (χ2v) is 10.5. The Hall–Kier alpha value is -4.15. The molecule has 0 fully saturated rings. The van der Waals surface area contributed by atoms with Crippen molar-refractivity contribution in [1.29, 1.82) is 5.26 Å². The standard InChI is InChI=1S/C10H17N3.C8H13N3.C7H12N4.C4H9N3/c1-4-5-6-7-8-10(9(2)3)12-13-11;1-4-5-6-8(7(2)3)10-11-9;1-6(2)7(10-11-9)4-3-5-8;1-4(2)3-6-7-5/h9-10H,4,7-8H2,1-3H3;1,7-8H,5-6H2,2-3H3;6-7H,3-4H2,1-2H3;4H,3H2,1-2H3. The van der Waals surface area contributed by atoms with Crippen molar-refractivity contribution in [2.75, 3.05) is 6.54 Å². The minimum atomic E-state index is -0.0281. The topological polar surface area (TPSA) is 219 Å². The quantitative estimate of drug-likeness (QED) is 0.0829. The van der Waals surface area contributed by atoms with Gasteiger partial charge in [-0.05, 0) is 65.1 Å². The lowest BCUT2D eigenvalue weighted by atomic mass is 10.0. The maximum Gasteiger partial charge on any atom is 0.0621 e. The van der Waals surface area contributed by atoms with Gasteiger partial charge in [-0.3, -0.25) is 0 Å². The molecule has 0 saturated carbocycles. The molecule has 0 aliphatic heterocycles. The molecule has 3 atom stereocenters. The third kappa shape index (κ3) is 35.9. The van der Waals surface area contributed by atoms with Crippen LogP contribution in [0.1, 0.15) is 107 Å². The first-order valence-electron chi connectivity index (χ1n) is 14.3. The predicted octanol–water partition coefficient (Wildman–Crippen LogP) is 10.8. The highest BCUT2D eigenvalue weighted by Gasteiger charge is 2.11. The van der Waals surface area contributed by atoms with Crippen LogP contribution in [0.3, 0.4) is 0 Å². The van der Waals surface area contributed by atoms with E-state index in [-0.39, 0.29) is 18.1 Å². The van der Waals surface area contributed by atoms with Crippen LogP contribution in [-0.4, -0.2) is 24.7 Å². The molecule has 0 heterocycles. The molecule has 0 saturated heterocycles. The highest BCUT2D eigenvalue weighted by Crippen LogP contribution is 2.14. The zero-order valence-electron chi connectivity index (χ0n) is 27.1.